The molecule has 4 rings (SSSR count). The van der Waals surface area contributed by atoms with Crippen molar-refractivity contribution in [2.75, 3.05) is 38.2 Å². The number of nitrogens with zero attached hydrogens (tertiary/aromatic N) is 3. The second kappa shape index (κ2) is 7.49. The van der Waals surface area contributed by atoms with Crippen LogP contribution in [-0.4, -0.2) is 58.4 Å². The molecule has 3 heterocycles. The van der Waals surface area contributed by atoms with Gasteiger partial charge in [0.2, 0.25) is 0 Å². The summed E-state index contributed by atoms with van der Waals surface area (Å²) >= 11 is 6.24. The molecule has 1 aliphatic heterocycles. The summed E-state index contributed by atoms with van der Waals surface area (Å²) in [6.07, 6.45) is 3.54. The van der Waals surface area contributed by atoms with E-state index in [1.807, 2.05) is 23.0 Å². The molecule has 0 bridgehead atoms. The molecule has 1 fully saturated rings. The quantitative estimate of drug-likeness (QED) is 0.720. The third-order valence-corrected chi connectivity index (χ3v) is 4.85. The molecule has 0 spiro atoms. The van der Waals surface area contributed by atoms with E-state index in [0.29, 0.717) is 16.4 Å². The molecule has 136 valence electrons. The minimum atomic E-state index is -0.234. The van der Waals surface area contributed by atoms with Crippen LogP contribution in [0.5, 0.6) is 0 Å². The second-order valence-electron chi connectivity index (χ2n) is 6.24. The van der Waals surface area contributed by atoms with E-state index in [9.17, 15) is 4.79 Å². The van der Waals surface area contributed by atoms with Gasteiger partial charge in [-0.2, -0.15) is 5.10 Å². The molecule has 0 saturated carbocycles. The van der Waals surface area contributed by atoms with Crippen LogP contribution >= 0.6 is 11.6 Å². The fourth-order valence-corrected chi connectivity index (χ4v) is 3.40. The van der Waals surface area contributed by atoms with Crippen molar-refractivity contribution < 1.29 is 9.53 Å². The molecule has 0 aliphatic carbocycles. The van der Waals surface area contributed by atoms with Crippen molar-refractivity contribution >= 4 is 34.2 Å². The number of H-pyrrole nitrogens is 1. The van der Waals surface area contributed by atoms with Gasteiger partial charge in [-0.1, -0.05) is 17.7 Å². The van der Waals surface area contributed by atoms with Crippen molar-refractivity contribution in [3.8, 4) is 0 Å². The standard InChI is InChI=1S/C18H20ClN5O2/c19-14-2-1-3-15-17(14)13(12-20-15)18(25)21-16-4-5-24(22-16)7-6-23-8-10-26-11-9-23/h1-5,12,20H,6-11H2,(H,21,22,25). The van der Waals surface area contributed by atoms with Crippen molar-refractivity contribution in [1.29, 1.82) is 0 Å². The molecule has 7 nitrogen and oxygen atoms in total. The minimum absolute atomic E-state index is 0.234. The van der Waals surface area contributed by atoms with Crippen molar-refractivity contribution in [1.82, 2.24) is 19.7 Å². The summed E-state index contributed by atoms with van der Waals surface area (Å²) in [6, 6.07) is 7.31. The number of morpholine rings is 1. The lowest BCUT2D eigenvalue weighted by molar-refractivity contribution is 0.0360. The number of hydrogen-bond acceptors (Lipinski definition) is 4. The summed E-state index contributed by atoms with van der Waals surface area (Å²) in [5.41, 5.74) is 1.34. The van der Waals surface area contributed by atoms with Gasteiger partial charge in [-0.3, -0.25) is 14.4 Å². The highest BCUT2D eigenvalue weighted by molar-refractivity contribution is 6.37. The SMILES string of the molecule is O=C(Nc1ccn(CCN2CCOCC2)n1)c1c[nH]c2cccc(Cl)c12. The van der Waals surface area contributed by atoms with Gasteiger partial charge in [0.15, 0.2) is 5.82 Å². The van der Waals surface area contributed by atoms with Crippen LogP contribution in [0.4, 0.5) is 5.82 Å². The van der Waals surface area contributed by atoms with Gasteiger partial charge in [-0.15, -0.1) is 0 Å². The summed E-state index contributed by atoms with van der Waals surface area (Å²) < 4.78 is 7.19. The molecular formula is C18H20ClN5O2. The highest BCUT2D eigenvalue weighted by Gasteiger charge is 2.16. The lowest BCUT2D eigenvalue weighted by Crippen LogP contribution is -2.38. The number of aromatic nitrogens is 3. The largest absolute Gasteiger partial charge is 0.379 e. The Morgan fingerprint density at radius 1 is 1.27 bits per heavy atom. The number of nitrogens with one attached hydrogen (secondary N) is 2. The number of anilines is 1. The third-order valence-electron chi connectivity index (χ3n) is 4.53. The number of benzene rings is 1. The van der Waals surface area contributed by atoms with Crippen molar-refractivity contribution in [2.24, 2.45) is 0 Å². The number of aromatic amines is 1. The van der Waals surface area contributed by atoms with Crippen LogP contribution in [0.2, 0.25) is 5.02 Å². The Kier molecular flexibility index (Phi) is 4.92. The number of hydrogen-bond donors (Lipinski definition) is 2. The molecule has 1 saturated heterocycles. The maximum absolute atomic E-state index is 12.6. The van der Waals surface area contributed by atoms with E-state index in [1.54, 1.807) is 18.3 Å². The van der Waals surface area contributed by atoms with E-state index in [2.05, 4.69) is 20.3 Å². The number of amides is 1. The van der Waals surface area contributed by atoms with Crippen molar-refractivity contribution in [3.63, 3.8) is 0 Å². The molecule has 26 heavy (non-hydrogen) atoms. The van der Waals surface area contributed by atoms with Gasteiger partial charge in [-0.05, 0) is 12.1 Å². The smallest absolute Gasteiger partial charge is 0.259 e. The lowest BCUT2D eigenvalue weighted by atomic mass is 10.1. The Labute approximate surface area is 155 Å². The maximum Gasteiger partial charge on any atom is 0.259 e. The Morgan fingerprint density at radius 3 is 2.96 bits per heavy atom. The fraction of sp³-hybridized carbons (Fsp3) is 0.333. The molecule has 1 aliphatic rings. The maximum atomic E-state index is 12.6. The van der Waals surface area contributed by atoms with Crippen LogP contribution < -0.4 is 5.32 Å². The van der Waals surface area contributed by atoms with Gasteiger partial charge in [0.25, 0.3) is 5.91 Å². The Balaban J connectivity index is 1.41. The summed E-state index contributed by atoms with van der Waals surface area (Å²) in [6.45, 7) is 5.16. The van der Waals surface area contributed by atoms with Gasteiger partial charge >= 0.3 is 0 Å². The normalized spacial score (nSPS) is 15.4. The van der Waals surface area contributed by atoms with E-state index < -0.39 is 0 Å². The molecule has 0 radical (unpaired) electrons. The monoisotopic (exact) mass is 373 g/mol. The lowest BCUT2D eigenvalue weighted by Gasteiger charge is -2.26. The third kappa shape index (κ3) is 3.60. The van der Waals surface area contributed by atoms with Crippen LogP contribution in [0.25, 0.3) is 10.9 Å². The summed E-state index contributed by atoms with van der Waals surface area (Å²) in [4.78, 5) is 18.0. The highest BCUT2D eigenvalue weighted by Crippen LogP contribution is 2.27. The van der Waals surface area contributed by atoms with Gasteiger partial charge in [0.1, 0.15) is 0 Å². The fourth-order valence-electron chi connectivity index (χ4n) is 3.12. The molecule has 2 N–H and O–H groups in total. The predicted octanol–water partition coefficient (Wildman–Crippen LogP) is 2.60. The molecule has 1 amide bonds. The number of fused-ring (bicyclic) bond motifs is 1. The molecule has 2 aromatic heterocycles. The first-order valence-corrected chi connectivity index (χ1v) is 8.99. The molecule has 3 aromatic rings. The van der Waals surface area contributed by atoms with Crippen LogP contribution in [0, 0.1) is 0 Å². The molecule has 0 unspecified atom stereocenters. The summed E-state index contributed by atoms with van der Waals surface area (Å²) in [7, 11) is 0. The average Bonchev–Trinajstić information content (AvgIpc) is 3.28. The number of carbonyl (C=O) groups is 1. The van der Waals surface area contributed by atoms with Gasteiger partial charge < -0.3 is 15.0 Å². The first-order chi connectivity index (χ1) is 12.7. The number of ether oxygens (including phenoxy) is 1. The van der Waals surface area contributed by atoms with Gasteiger partial charge in [0.05, 0.1) is 30.3 Å². The second-order valence-corrected chi connectivity index (χ2v) is 6.64. The molecular weight excluding hydrogens is 354 g/mol. The zero-order valence-electron chi connectivity index (χ0n) is 14.2. The topological polar surface area (TPSA) is 75.2 Å². The van der Waals surface area contributed by atoms with E-state index in [1.165, 1.54) is 0 Å². The van der Waals surface area contributed by atoms with Gasteiger partial charge in [-0.25, -0.2) is 0 Å². The van der Waals surface area contributed by atoms with Crippen LogP contribution in [-0.2, 0) is 11.3 Å². The first-order valence-electron chi connectivity index (χ1n) is 8.61. The zero-order chi connectivity index (χ0) is 17.9. The van der Waals surface area contributed by atoms with E-state index >= 15 is 0 Å². The van der Waals surface area contributed by atoms with Crippen LogP contribution in [0.15, 0.2) is 36.7 Å². The Hall–Kier alpha value is -2.35. The molecule has 1 aromatic carbocycles. The highest BCUT2D eigenvalue weighted by atomic mass is 35.5. The molecule has 0 atom stereocenters. The van der Waals surface area contributed by atoms with Crippen molar-refractivity contribution in [3.05, 3.63) is 47.2 Å². The van der Waals surface area contributed by atoms with Crippen molar-refractivity contribution in [2.45, 2.75) is 6.54 Å². The predicted molar refractivity (Wildman–Crippen MR) is 101 cm³/mol. The zero-order valence-corrected chi connectivity index (χ0v) is 15.0. The van der Waals surface area contributed by atoms with Crippen LogP contribution in [0.1, 0.15) is 10.4 Å². The first kappa shape index (κ1) is 17.1. The minimum Gasteiger partial charge on any atom is -0.379 e. The van der Waals surface area contributed by atoms with Gasteiger partial charge in [0, 0.05) is 49.0 Å². The van der Waals surface area contributed by atoms with E-state index in [0.717, 1.165) is 50.3 Å². The summed E-state index contributed by atoms with van der Waals surface area (Å²) in [5.74, 6) is 0.293. The Morgan fingerprint density at radius 2 is 2.12 bits per heavy atom. The summed E-state index contributed by atoms with van der Waals surface area (Å²) in [5, 5.41) is 8.54. The number of rotatable bonds is 5. The number of carbonyl (C=O) groups excluding carboxylic acids is 1. The van der Waals surface area contributed by atoms with Crippen LogP contribution in [0.3, 0.4) is 0 Å². The number of halogens is 1. The van der Waals surface area contributed by atoms with E-state index in [4.69, 9.17) is 16.3 Å². The molecule has 8 heteroatoms. The van der Waals surface area contributed by atoms with E-state index in [-0.39, 0.29) is 5.91 Å². The Bertz CT molecular complexity index is 913. The average molecular weight is 374 g/mol.